The van der Waals surface area contributed by atoms with Gasteiger partial charge in [0.1, 0.15) is 5.75 Å². The zero-order valence-corrected chi connectivity index (χ0v) is 10.7. The Morgan fingerprint density at radius 3 is 2.05 bits per heavy atom. The van der Waals surface area contributed by atoms with E-state index in [1.54, 1.807) is 31.4 Å². The monoisotopic (exact) mass is 279 g/mol. The Hall–Kier alpha value is -2.30. The van der Waals surface area contributed by atoms with Crippen LogP contribution in [-0.2, 0) is 6.18 Å². The topological polar surface area (TPSA) is 21.6 Å². The molecule has 0 radical (unpaired) electrons. The van der Waals surface area contributed by atoms with Crippen molar-refractivity contribution in [2.45, 2.75) is 6.18 Å². The third-order valence-electron chi connectivity index (χ3n) is 2.67. The van der Waals surface area contributed by atoms with Gasteiger partial charge in [0.2, 0.25) is 0 Å². The highest BCUT2D eigenvalue weighted by atomic mass is 19.4. The molecule has 0 saturated carbocycles. The van der Waals surface area contributed by atoms with Gasteiger partial charge >= 0.3 is 6.18 Å². The van der Waals surface area contributed by atoms with Gasteiger partial charge in [-0.2, -0.15) is 13.2 Å². The lowest BCUT2D eigenvalue weighted by atomic mass is 10.1. The number of methoxy groups -OCH3 is 1. The molecule has 20 heavy (non-hydrogen) atoms. The van der Waals surface area contributed by atoms with Crippen molar-refractivity contribution in [3.8, 4) is 5.75 Å². The van der Waals surface area contributed by atoms with Crippen molar-refractivity contribution in [1.82, 2.24) is 0 Å². The summed E-state index contributed by atoms with van der Waals surface area (Å²) in [5.74, 6) is 0.721. The summed E-state index contributed by atoms with van der Waals surface area (Å²) in [5, 5.41) is 0. The summed E-state index contributed by atoms with van der Waals surface area (Å²) < 4.78 is 42.2. The van der Waals surface area contributed by atoms with Crippen LogP contribution in [0.4, 0.5) is 18.9 Å². The SMILES string of the molecule is COc1ccc(N=Cc2ccc(C(F)(F)F)cc2)cc1. The highest BCUT2D eigenvalue weighted by Crippen LogP contribution is 2.29. The summed E-state index contributed by atoms with van der Waals surface area (Å²) in [6.07, 6.45) is -2.80. The van der Waals surface area contributed by atoms with E-state index in [4.69, 9.17) is 4.74 Å². The summed E-state index contributed by atoms with van der Waals surface area (Å²) in [5.41, 5.74) is 0.638. The molecule has 0 unspecified atom stereocenters. The maximum Gasteiger partial charge on any atom is 0.416 e. The van der Waals surface area contributed by atoms with E-state index >= 15 is 0 Å². The van der Waals surface area contributed by atoms with Gasteiger partial charge in [-0.05, 0) is 42.0 Å². The minimum atomic E-state index is -4.31. The molecule has 0 heterocycles. The highest BCUT2D eigenvalue weighted by molar-refractivity contribution is 5.82. The Labute approximate surface area is 114 Å². The second-order valence-electron chi connectivity index (χ2n) is 4.08. The van der Waals surface area contributed by atoms with E-state index in [1.165, 1.54) is 18.3 Å². The molecular formula is C15H12F3NO. The Kier molecular flexibility index (Phi) is 4.08. The van der Waals surface area contributed by atoms with Crippen LogP contribution in [-0.4, -0.2) is 13.3 Å². The second kappa shape index (κ2) is 5.77. The van der Waals surface area contributed by atoms with Gasteiger partial charge in [0.05, 0.1) is 18.4 Å². The zero-order chi connectivity index (χ0) is 14.6. The van der Waals surface area contributed by atoms with Crippen LogP contribution in [0.25, 0.3) is 0 Å². The van der Waals surface area contributed by atoms with Gasteiger partial charge in [-0.3, -0.25) is 4.99 Å². The van der Waals surface area contributed by atoms with Gasteiger partial charge in [-0.25, -0.2) is 0 Å². The molecule has 0 aromatic heterocycles. The number of benzene rings is 2. The fourth-order valence-corrected chi connectivity index (χ4v) is 1.58. The molecule has 0 aliphatic carbocycles. The lowest BCUT2D eigenvalue weighted by Gasteiger charge is -2.05. The fraction of sp³-hybridized carbons (Fsp3) is 0.133. The maximum atomic E-state index is 12.4. The number of halogens is 3. The molecule has 0 aliphatic heterocycles. The first kappa shape index (κ1) is 14.1. The minimum Gasteiger partial charge on any atom is -0.497 e. The Balaban J connectivity index is 2.10. The van der Waals surface area contributed by atoms with E-state index in [2.05, 4.69) is 4.99 Å². The van der Waals surface area contributed by atoms with Crippen molar-refractivity contribution < 1.29 is 17.9 Å². The quantitative estimate of drug-likeness (QED) is 0.760. The number of ether oxygens (including phenoxy) is 1. The van der Waals surface area contributed by atoms with Crippen LogP contribution >= 0.6 is 0 Å². The lowest BCUT2D eigenvalue weighted by Crippen LogP contribution is -2.04. The predicted molar refractivity (Wildman–Crippen MR) is 71.7 cm³/mol. The van der Waals surface area contributed by atoms with Crippen LogP contribution in [0.5, 0.6) is 5.75 Å². The maximum absolute atomic E-state index is 12.4. The summed E-state index contributed by atoms with van der Waals surface area (Å²) in [7, 11) is 1.57. The van der Waals surface area contributed by atoms with Gasteiger partial charge in [0.15, 0.2) is 0 Å². The molecule has 2 aromatic rings. The third kappa shape index (κ3) is 3.60. The minimum absolute atomic E-state index is 0.605. The molecule has 5 heteroatoms. The van der Waals surface area contributed by atoms with Gasteiger partial charge in [-0.15, -0.1) is 0 Å². The number of alkyl halides is 3. The van der Waals surface area contributed by atoms with E-state index in [-0.39, 0.29) is 0 Å². The predicted octanol–water partition coefficient (Wildman–Crippen LogP) is 4.46. The first-order chi connectivity index (χ1) is 9.49. The van der Waals surface area contributed by atoms with Crippen molar-refractivity contribution in [2.75, 3.05) is 7.11 Å². The highest BCUT2D eigenvalue weighted by Gasteiger charge is 2.29. The van der Waals surface area contributed by atoms with E-state index in [9.17, 15) is 13.2 Å². The second-order valence-corrected chi connectivity index (χ2v) is 4.08. The average Bonchev–Trinajstić information content (AvgIpc) is 2.45. The Morgan fingerprint density at radius 1 is 0.950 bits per heavy atom. The van der Waals surface area contributed by atoms with Crippen molar-refractivity contribution >= 4 is 11.9 Å². The largest absolute Gasteiger partial charge is 0.497 e. The fourth-order valence-electron chi connectivity index (χ4n) is 1.58. The molecule has 2 rings (SSSR count). The van der Waals surface area contributed by atoms with Gasteiger partial charge in [0, 0.05) is 6.21 Å². The number of hydrogen-bond acceptors (Lipinski definition) is 2. The van der Waals surface area contributed by atoms with Crippen LogP contribution in [0.15, 0.2) is 53.5 Å². The summed E-state index contributed by atoms with van der Waals surface area (Å²) >= 11 is 0. The van der Waals surface area contributed by atoms with Gasteiger partial charge in [-0.1, -0.05) is 12.1 Å². The third-order valence-corrected chi connectivity index (χ3v) is 2.67. The first-order valence-electron chi connectivity index (χ1n) is 5.84. The van der Waals surface area contributed by atoms with Crippen LogP contribution in [0.2, 0.25) is 0 Å². The molecule has 0 aliphatic rings. The molecule has 0 spiro atoms. The van der Waals surface area contributed by atoms with Gasteiger partial charge in [0.25, 0.3) is 0 Å². The number of rotatable bonds is 3. The van der Waals surface area contributed by atoms with E-state index in [1.807, 2.05) is 0 Å². The molecule has 0 amide bonds. The smallest absolute Gasteiger partial charge is 0.416 e. The van der Waals surface area contributed by atoms with Crippen molar-refractivity contribution in [1.29, 1.82) is 0 Å². The summed E-state index contributed by atoms with van der Waals surface area (Å²) in [6, 6.07) is 11.9. The van der Waals surface area contributed by atoms with Crippen molar-refractivity contribution in [3.63, 3.8) is 0 Å². The normalized spacial score (nSPS) is 11.8. The number of aliphatic imine (C=N–C) groups is 1. The first-order valence-corrected chi connectivity index (χ1v) is 5.84. The van der Waals surface area contributed by atoms with E-state index in [0.717, 1.165) is 17.9 Å². The lowest BCUT2D eigenvalue weighted by molar-refractivity contribution is -0.137. The summed E-state index contributed by atoms with van der Waals surface area (Å²) in [4.78, 5) is 4.18. The molecule has 104 valence electrons. The Morgan fingerprint density at radius 2 is 1.55 bits per heavy atom. The molecule has 2 aromatic carbocycles. The molecule has 0 saturated heterocycles. The van der Waals surface area contributed by atoms with E-state index in [0.29, 0.717) is 11.3 Å². The van der Waals surface area contributed by atoms with Crippen LogP contribution in [0, 0.1) is 0 Å². The average molecular weight is 279 g/mol. The molecule has 0 N–H and O–H groups in total. The molecule has 0 fully saturated rings. The van der Waals surface area contributed by atoms with Crippen LogP contribution in [0.3, 0.4) is 0 Å². The van der Waals surface area contributed by atoms with Crippen LogP contribution < -0.4 is 4.74 Å². The number of hydrogen-bond donors (Lipinski definition) is 0. The van der Waals surface area contributed by atoms with Gasteiger partial charge < -0.3 is 4.74 Å². The van der Waals surface area contributed by atoms with E-state index < -0.39 is 11.7 Å². The summed E-state index contributed by atoms with van der Waals surface area (Å²) in [6.45, 7) is 0. The van der Waals surface area contributed by atoms with Crippen molar-refractivity contribution in [2.24, 2.45) is 4.99 Å². The van der Waals surface area contributed by atoms with Crippen LogP contribution in [0.1, 0.15) is 11.1 Å². The molecule has 0 atom stereocenters. The standard InChI is InChI=1S/C15H12F3NO/c1-20-14-8-6-13(7-9-14)19-10-11-2-4-12(5-3-11)15(16,17)18/h2-10H,1H3. The molecule has 2 nitrogen and oxygen atoms in total. The Bertz CT molecular complexity index is 586. The molecular weight excluding hydrogens is 267 g/mol. The number of nitrogens with zero attached hydrogens (tertiary/aromatic N) is 1. The zero-order valence-electron chi connectivity index (χ0n) is 10.7. The van der Waals surface area contributed by atoms with Crippen molar-refractivity contribution in [3.05, 3.63) is 59.7 Å². The molecule has 0 bridgehead atoms.